The number of allylic oxidation sites excluding steroid dienone is 3. The van der Waals surface area contributed by atoms with Crippen molar-refractivity contribution in [3.63, 3.8) is 0 Å². The second kappa shape index (κ2) is 8.27. The first-order valence-corrected chi connectivity index (χ1v) is 5.44. The van der Waals surface area contributed by atoms with Gasteiger partial charge in [0.1, 0.15) is 0 Å². The zero-order valence-corrected chi connectivity index (χ0v) is 10.3. The Morgan fingerprint density at radius 1 is 1.07 bits per heavy atom. The van der Waals surface area contributed by atoms with Gasteiger partial charge in [-0.1, -0.05) is 23.3 Å². The highest BCUT2D eigenvalue weighted by molar-refractivity contribution is 5.65. The fourth-order valence-electron chi connectivity index (χ4n) is 1.20. The molecule has 0 saturated carbocycles. The van der Waals surface area contributed by atoms with Crippen LogP contribution < -0.4 is 0 Å². The van der Waals surface area contributed by atoms with Crippen LogP contribution in [0.5, 0.6) is 0 Å². The van der Waals surface area contributed by atoms with Crippen molar-refractivity contribution in [2.75, 3.05) is 6.61 Å². The summed E-state index contributed by atoms with van der Waals surface area (Å²) in [5, 5.41) is 0. The molecule has 0 bridgehead atoms. The predicted molar refractivity (Wildman–Crippen MR) is 63.7 cm³/mol. The van der Waals surface area contributed by atoms with Gasteiger partial charge < -0.3 is 4.74 Å². The zero-order chi connectivity index (χ0) is 11.7. The predicted octanol–water partition coefficient (Wildman–Crippen LogP) is 3.63. The van der Waals surface area contributed by atoms with Gasteiger partial charge in [-0.2, -0.15) is 0 Å². The van der Waals surface area contributed by atoms with Crippen molar-refractivity contribution in [1.82, 2.24) is 0 Å². The second-order valence-electron chi connectivity index (χ2n) is 4.00. The third-order valence-electron chi connectivity index (χ3n) is 2.01. The summed E-state index contributed by atoms with van der Waals surface area (Å²) in [7, 11) is 0. The number of ether oxygens (including phenoxy) is 1. The van der Waals surface area contributed by atoms with Crippen molar-refractivity contribution in [1.29, 1.82) is 0 Å². The smallest absolute Gasteiger partial charge is 0.302 e. The fourth-order valence-corrected chi connectivity index (χ4v) is 1.20. The number of carbonyl (C=O) groups is 1. The third-order valence-corrected chi connectivity index (χ3v) is 2.01. The van der Waals surface area contributed by atoms with Crippen LogP contribution in [0.15, 0.2) is 23.3 Å². The summed E-state index contributed by atoms with van der Waals surface area (Å²) in [6.07, 6.45) is 7.38. The van der Waals surface area contributed by atoms with Crippen LogP contribution in [0.1, 0.15) is 47.0 Å². The van der Waals surface area contributed by atoms with E-state index in [0.717, 1.165) is 19.3 Å². The molecule has 0 radical (unpaired) electrons. The molecule has 0 atom stereocenters. The molecule has 0 aliphatic heterocycles. The van der Waals surface area contributed by atoms with Crippen LogP contribution >= 0.6 is 0 Å². The molecule has 0 aliphatic rings. The van der Waals surface area contributed by atoms with Crippen LogP contribution in [-0.4, -0.2) is 12.6 Å². The average Bonchev–Trinajstić information content (AvgIpc) is 2.11. The summed E-state index contributed by atoms with van der Waals surface area (Å²) in [6, 6.07) is 0. The van der Waals surface area contributed by atoms with E-state index in [9.17, 15) is 4.79 Å². The van der Waals surface area contributed by atoms with Crippen molar-refractivity contribution in [3.05, 3.63) is 23.3 Å². The molecule has 15 heavy (non-hydrogen) atoms. The number of hydrogen-bond donors (Lipinski definition) is 0. The van der Waals surface area contributed by atoms with Crippen LogP contribution in [0.4, 0.5) is 0 Å². The Bertz CT molecular complexity index is 245. The third kappa shape index (κ3) is 10.9. The average molecular weight is 210 g/mol. The molecule has 0 aromatic carbocycles. The molecule has 0 saturated heterocycles. The molecule has 2 nitrogen and oxygen atoms in total. The second-order valence-corrected chi connectivity index (χ2v) is 4.00. The molecule has 0 rings (SSSR count). The monoisotopic (exact) mass is 210 g/mol. The summed E-state index contributed by atoms with van der Waals surface area (Å²) < 4.78 is 4.84. The fraction of sp³-hybridized carbons (Fsp3) is 0.615. The highest BCUT2D eigenvalue weighted by Gasteiger charge is 1.92. The van der Waals surface area contributed by atoms with Gasteiger partial charge in [0.25, 0.3) is 0 Å². The van der Waals surface area contributed by atoms with Crippen molar-refractivity contribution in [3.8, 4) is 0 Å². The highest BCUT2D eigenvalue weighted by Crippen LogP contribution is 2.07. The van der Waals surface area contributed by atoms with Crippen LogP contribution in [0.25, 0.3) is 0 Å². The summed E-state index contributed by atoms with van der Waals surface area (Å²) in [6.45, 7) is 8.27. The quantitative estimate of drug-likeness (QED) is 0.380. The van der Waals surface area contributed by atoms with Crippen molar-refractivity contribution in [2.45, 2.75) is 47.0 Å². The molecular formula is C13H22O2. The van der Waals surface area contributed by atoms with Crippen molar-refractivity contribution in [2.24, 2.45) is 0 Å². The molecule has 0 spiro atoms. The normalized spacial score (nSPS) is 11.1. The van der Waals surface area contributed by atoms with E-state index in [4.69, 9.17) is 4.74 Å². The molecule has 0 aromatic rings. The van der Waals surface area contributed by atoms with E-state index in [2.05, 4.69) is 32.9 Å². The first-order valence-electron chi connectivity index (χ1n) is 5.44. The van der Waals surface area contributed by atoms with E-state index >= 15 is 0 Å². The van der Waals surface area contributed by atoms with E-state index < -0.39 is 0 Å². The maximum Gasteiger partial charge on any atom is 0.302 e. The largest absolute Gasteiger partial charge is 0.466 e. The van der Waals surface area contributed by atoms with Crippen molar-refractivity contribution < 1.29 is 9.53 Å². The number of esters is 1. The number of hydrogen-bond acceptors (Lipinski definition) is 2. The standard InChI is InChI=1S/C13H22O2/c1-11(2)7-5-8-12(3)9-6-10-15-13(4)14/h7,9H,5-6,8,10H2,1-4H3. The Hall–Kier alpha value is -1.05. The highest BCUT2D eigenvalue weighted by atomic mass is 16.5. The Morgan fingerprint density at radius 3 is 2.27 bits per heavy atom. The van der Waals surface area contributed by atoms with E-state index in [1.54, 1.807) is 0 Å². The van der Waals surface area contributed by atoms with Crippen LogP contribution in [-0.2, 0) is 9.53 Å². The molecular weight excluding hydrogens is 188 g/mol. The SMILES string of the molecule is CC(=O)OCCC=C(C)CCC=C(C)C. The molecule has 0 unspecified atom stereocenters. The minimum absolute atomic E-state index is 0.203. The molecule has 0 amide bonds. The van der Waals surface area contributed by atoms with E-state index in [1.807, 2.05) is 0 Å². The minimum atomic E-state index is -0.203. The summed E-state index contributed by atoms with van der Waals surface area (Å²) in [5.74, 6) is -0.203. The van der Waals surface area contributed by atoms with E-state index in [1.165, 1.54) is 18.1 Å². The molecule has 0 heterocycles. The first-order chi connectivity index (χ1) is 7.02. The van der Waals surface area contributed by atoms with E-state index in [0.29, 0.717) is 6.61 Å². The van der Waals surface area contributed by atoms with Gasteiger partial charge in [0.2, 0.25) is 0 Å². The molecule has 0 aliphatic carbocycles. The summed E-state index contributed by atoms with van der Waals surface area (Å²) >= 11 is 0. The van der Waals surface area contributed by atoms with Gasteiger partial charge in [-0.25, -0.2) is 0 Å². The van der Waals surface area contributed by atoms with Crippen LogP contribution in [0, 0.1) is 0 Å². The first kappa shape index (κ1) is 13.9. The maximum absolute atomic E-state index is 10.5. The summed E-state index contributed by atoms with van der Waals surface area (Å²) in [5.41, 5.74) is 2.72. The van der Waals surface area contributed by atoms with E-state index in [-0.39, 0.29) is 5.97 Å². The topological polar surface area (TPSA) is 26.3 Å². The number of carbonyl (C=O) groups excluding carboxylic acids is 1. The molecule has 0 aromatic heterocycles. The lowest BCUT2D eigenvalue weighted by Gasteiger charge is -2.00. The van der Waals surface area contributed by atoms with Gasteiger partial charge in [-0.05, 0) is 40.0 Å². The molecule has 2 heteroatoms. The minimum Gasteiger partial charge on any atom is -0.466 e. The maximum atomic E-state index is 10.5. The van der Waals surface area contributed by atoms with Gasteiger partial charge in [0.05, 0.1) is 6.61 Å². The lowest BCUT2D eigenvalue weighted by molar-refractivity contribution is -0.140. The van der Waals surface area contributed by atoms with Gasteiger partial charge >= 0.3 is 5.97 Å². The van der Waals surface area contributed by atoms with Gasteiger partial charge in [-0.3, -0.25) is 4.79 Å². The van der Waals surface area contributed by atoms with Gasteiger partial charge in [0, 0.05) is 6.92 Å². The summed E-state index contributed by atoms with van der Waals surface area (Å²) in [4.78, 5) is 10.5. The van der Waals surface area contributed by atoms with Crippen LogP contribution in [0.2, 0.25) is 0 Å². The molecule has 0 fully saturated rings. The Morgan fingerprint density at radius 2 is 1.73 bits per heavy atom. The zero-order valence-electron chi connectivity index (χ0n) is 10.3. The number of rotatable bonds is 6. The Labute approximate surface area is 93.0 Å². The lowest BCUT2D eigenvalue weighted by Crippen LogP contribution is -1.99. The molecule has 86 valence electrons. The van der Waals surface area contributed by atoms with Gasteiger partial charge in [-0.15, -0.1) is 0 Å². The Kier molecular flexibility index (Phi) is 7.69. The Balaban J connectivity index is 3.61. The van der Waals surface area contributed by atoms with Gasteiger partial charge in [0.15, 0.2) is 0 Å². The molecule has 0 N–H and O–H groups in total. The lowest BCUT2D eigenvalue weighted by atomic mass is 10.1. The van der Waals surface area contributed by atoms with Crippen molar-refractivity contribution >= 4 is 5.97 Å². The van der Waals surface area contributed by atoms with Crippen LogP contribution in [0.3, 0.4) is 0 Å².